The molecule has 0 radical (unpaired) electrons. The van der Waals surface area contributed by atoms with Crippen LogP contribution in [0, 0.1) is 10.8 Å². The Balaban J connectivity index is 3.70. The van der Waals surface area contributed by atoms with Gasteiger partial charge in [0.25, 0.3) is 0 Å². The molecule has 0 heterocycles. The fourth-order valence-corrected chi connectivity index (χ4v) is 3.87. The molecule has 0 aromatic heterocycles. The third-order valence-corrected chi connectivity index (χ3v) is 4.32. The molecule has 0 amide bonds. The number of carbonyl (C=O) groups excluding carboxylic acids is 1. The Hall–Kier alpha value is -1.09. The average molecular weight is 278 g/mol. The lowest BCUT2D eigenvalue weighted by Gasteiger charge is -2.51. The largest absolute Gasteiger partial charge is 0.528 e. The van der Waals surface area contributed by atoms with Crippen LogP contribution in [-0.2, 0) is 14.6 Å². The van der Waals surface area contributed by atoms with E-state index in [1.165, 1.54) is 0 Å². The Morgan fingerprint density at radius 1 is 0.947 bits per heavy atom. The zero-order valence-corrected chi connectivity index (χ0v) is 15.2. The summed E-state index contributed by atoms with van der Waals surface area (Å²) in [4.78, 5) is 12.7. The molecule has 1 aromatic carbocycles. The Morgan fingerprint density at radius 2 is 1.37 bits per heavy atom. The molecule has 2 nitrogen and oxygen atoms in total. The summed E-state index contributed by atoms with van der Waals surface area (Å²) in [5, 5.41) is 0. The summed E-state index contributed by atoms with van der Waals surface area (Å²) in [5.41, 5.74) is -0.0681. The standard InChI is InChI=1S/C16H26O2Si/c1-14(2,3)16(13(17)18-19,15(4,5)6)12-10-8-7-9-11-12/h7-11H,1-6,19H3. The first kappa shape index (κ1) is 16.0. The van der Waals surface area contributed by atoms with Gasteiger partial charge in [-0.3, -0.25) is 4.79 Å². The Bertz CT molecular complexity index is 424. The number of hydrogen-bond donors (Lipinski definition) is 0. The number of carbonyl (C=O) groups is 1. The highest BCUT2D eigenvalue weighted by Gasteiger charge is 2.58. The van der Waals surface area contributed by atoms with Gasteiger partial charge in [0.05, 0.1) is 0 Å². The van der Waals surface area contributed by atoms with Crippen LogP contribution in [0.4, 0.5) is 0 Å². The lowest BCUT2D eigenvalue weighted by atomic mass is 9.51. The van der Waals surface area contributed by atoms with Crippen molar-refractivity contribution in [1.29, 1.82) is 0 Å². The van der Waals surface area contributed by atoms with Gasteiger partial charge in [-0.25, -0.2) is 0 Å². The van der Waals surface area contributed by atoms with Crippen LogP contribution in [0.2, 0.25) is 0 Å². The van der Waals surface area contributed by atoms with Crippen LogP contribution in [0.5, 0.6) is 0 Å². The van der Waals surface area contributed by atoms with Gasteiger partial charge in [-0.05, 0) is 16.4 Å². The smallest absolute Gasteiger partial charge is 0.303 e. The van der Waals surface area contributed by atoms with Crippen molar-refractivity contribution >= 4 is 16.5 Å². The Kier molecular flexibility index (Phi) is 4.30. The van der Waals surface area contributed by atoms with Gasteiger partial charge in [0.2, 0.25) is 10.5 Å². The molecule has 0 saturated heterocycles. The van der Waals surface area contributed by atoms with E-state index in [9.17, 15) is 4.79 Å². The van der Waals surface area contributed by atoms with Crippen molar-refractivity contribution in [3.63, 3.8) is 0 Å². The van der Waals surface area contributed by atoms with Gasteiger partial charge in [0.1, 0.15) is 5.41 Å². The van der Waals surface area contributed by atoms with Crippen LogP contribution in [0.15, 0.2) is 30.3 Å². The molecule has 0 N–H and O–H groups in total. The maximum atomic E-state index is 12.7. The van der Waals surface area contributed by atoms with Gasteiger partial charge >= 0.3 is 5.97 Å². The minimum absolute atomic E-state index is 0.106. The highest BCUT2D eigenvalue weighted by atomic mass is 28.2. The molecule has 0 atom stereocenters. The van der Waals surface area contributed by atoms with E-state index >= 15 is 0 Å². The normalized spacial score (nSPS) is 13.4. The van der Waals surface area contributed by atoms with Crippen molar-refractivity contribution in [3.05, 3.63) is 35.9 Å². The molecule has 1 aromatic rings. The van der Waals surface area contributed by atoms with E-state index in [-0.39, 0.29) is 16.8 Å². The minimum atomic E-state index is -0.650. The van der Waals surface area contributed by atoms with Crippen molar-refractivity contribution in [2.24, 2.45) is 10.8 Å². The van der Waals surface area contributed by atoms with Crippen LogP contribution in [0.25, 0.3) is 0 Å². The maximum Gasteiger partial charge on any atom is 0.303 e. The second-order valence-corrected chi connectivity index (χ2v) is 7.52. The van der Waals surface area contributed by atoms with E-state index in [4.69, 9.17) is 4.43 Å². The van der Waals surface area contributed by atoms with E-state index < -0.39 is 5.41 Å². The number of benzene rings is 1. The summed E-state index contributed by atoms with van der Waals surface area (Å²) in [7, 11) is 0.423. The summed E-state index contributed by atoms with van der Waals surface area (Å²) in [5.74, 6) is -0.106. The van der Waals surface area contributed by atoms with Gasteiger partial charge in [-0.15, -0.1) is 0 Å². The van der Waals surface area contributed by atoms with Crippen LogP contribution in [0.3, 0.4) is 0 Å². The van der Waals surface area contributed by atoms with Crippen molar-refractivity contribution in [2.75, 3.05) is 0 Å². The molecule has 3 heteroatoms. The first-order chi connectivity index (χ1) is 8.59. The molecule has 0 aliphatic rings. The maximum absolute atomic E-state index is 12.7. The molecule has 0 bridgehead atoms. The van der Waals surface area contributed by atoms with E-state index in [0.717, 1.165) is 5.56 Å². The highest BCUT2D eigenvalue weighted by Crippen LogP contribution is 2.53. The Morgan fingerprint density at radius 3 is 1.68 bits per heavy atom. The lowest BCUT2D eigenvalue weighted by molar-refractivity contribution is -0.152. The summed E-state index contributed by atoms with van der Waals surface area (Å²) < 4.78 is 5.32. The second-order valence-electron chi connectivity index (χ2n) is 7.11. The first-order valence-corrected chi connectivity index (χ1v) is 7.54. The van der Waals surface area contributed by atoms with Crippen molar-refractivity contribution < 1.29 is 9.22 Å². The van der Waals surface area contributed by atoms with E-state index in [2.05, 4.69) is 41.5 Å². The summed E-state index contributed by atoms with van der Waals surface area (Å²) in [6.07, 6.45) is 0. The predicted octanol–water partition coefficient (Wildman–Crippen LogP) is 2.84. The van der Waals surface area contributed by atoms with Crippen LogP contribution >= 0.6 is 0 Å². The molecule has 19 heavy (non-hydrogen) atoms. The van der Waals surface area contributed by atoms with Crippen LogP contribution in [-0.4, -0.2) is 16.5 Å². The van der Waals surface area contributed by atoms with Gasteiger partial charge in [-0.1, -0.05) is 71.9 Å². The summed E-state index contributed by atoms with van der Waals surface area (Å²) >= 11 is 0. The quantitative estimate of drug-likeness (QED) is 0.778. The molecule has 1 rings (SSSR count). The van der Waals surface area contributed by atoms with Crippen LogP contribution in [0.1, 0.15) is 47.1 Å². The molecule has 0 spiro atoms. The lowest BCUT2D eigenvalue weighted by Crippen LogP contribution is -2.56. The molecule has 0 unspecified atom stereocenters. The molecule has 106 valence electrons. The third kappa shape index (κ3) is 2.48. The zero-order valence-electron chi connectivity index (χ0n) is 13.2. The van der Waals surface area contributed by atoms with Gasteiger partial charge in [-0.2, -0.15) is 0 Å². The number of hydrogen-bond acceptors (Lipinski definition) is 2. The van der Waals surface area contributed by atoms with Crippen molar-refractivity contribution in [1.82, 2.24) is 0 Å². The van der Waals surface area contributed by atoms with E-state index in [1.54, 1.807) is 0 Å². The third-order valence-electron chi connectivity index (χ3n) is 3.95. The summed E-state index contributed by atoms with van der Waals surface area (Å²) in [6.45, 7) is 12.7. The monoisotopic (exact) mass is 278 g/mol. The van der Waals surface area contributed by atoms with Crippen molar-refractivity contribution in [2.45, 2.75) is 47.0 Å². The average Bonchev–Trinajstić information content (AvgIpc) is 2.27. The minimum Gasteiger partial charge on any atom is -0.528 e. The second kappa shape index (κ2) is 5.12. The highest BCUT2D eigenvalue weighted by molar-refractivity contribution is 6.07. The molecular weight excluding hydrogens is 252 g/mol. The molecule has 0 saturated carbocycles. The summed E-state index contributed by atoms with van der Waals surface area (Å²) in [6, 6.07) is 10.0. The Labute approximate surface area is 120 Å². The molecule has 0 fully saturated rings. The topological polar surface area (TPSA) is 26.3 Å². The fraction of sp³-hybridized carbons (Fsp3) is 0.562. The van der Waals surface area contributed by atoms with E-state index in [1.807, 2.05) is 30.3 Å². The van der Waals surface area contributed by atoms with Crippen LogP contribution < -0.4 is 0 Å². The fourth-order valence-electron chi connectivity index (χ4n) is 3.56. The van der Waals surface area contributed by atoms with Crippen molar-refractivity contribution in [3.8, 4) is 0 Å². The molecule has 0 aliphatic carbocycles. The first-order valence-electron chi connectivity index (χ1n) is 6.73. The predicted molar refractivity (Wildman–Crippen MR) is 83.1 cm³/mol. The SMILES string of the molecule is CC(C)(C)C(C(=O)O[SiH3])(c1ccccc1)C(C)(C)C. The zero-order chi connectivity index (χ0) is 14.9. The molecule has 0 aliphatic heterocycles. The molecular formula is C16H26O2Si. The van der Waals surface area contributed by atoms with E-state index in [0.29, 0.717) is 10.5 Å². The van der Waals surface area contributed by atoms with Gasteiger partial charge in [0, 0.05) is 0 Å². The number of rotatable bonds is 2. The van der Waals surface area contributed by atoms with Gasteiger partial charge in [0.15, 0.2) is 0 Å². The van der Waals surface area contributed by atoms with Gasteiger partial charge < -0.3 is 4.43 Å².